The van der Waals surface area contributed by atoms with Crippen molar-refractivity contribution in [3.63, 3.8) is 0 Å². The number of hydrogen-bond donors (Lipinski definition) is 1. The number of amides is 1. The van der Waals surface area contributed by atoms with E-state index in [1.165, 1.54) is 11.8 Å². The van der Waals surface area contributed by atoms with Gasteiger partial charge in [-0.15, -0.1) is 10.2 Å². The number of carbonyl (C=O) groups excluding carboxylic acids is 1. The van der Waals surface area contributed by atoms with Crippen LogP contribution in [0.5, 0.6) is 5.75 Å². The second kappa shape index (κ2) is 10.9. The van der Waals surface area contributed by atoms with E-state index in [2.05, 4.69) is 27.0 Å². The minimum absolute atomic E-state index is 0.212. The highest BCUT2D eigenvalue weighted by molar-refractivity contribution is 8.00. The molecule has 1 atom stereocenters. The Morgan fingerprint density at radius 3 is 2.45 bits per heavy atom. The zero-order chi connectivity index (χ0) is 22.4. The lowest BCUT2D eigenvalue weighted by atomic mass is 10.2. The predicted octanol–water partition coefficient (Wildman–Crippen LogP) is 6.18. The van der Waals surface area contributed by atoms with Crippen LogP contribution in [-0.2, 0) is 11.3 Å². The van der Waals surface area contributed by atoms with E-state index in [1.807, 2.05) is 31.2 Å². The minimum atomic E-state index is -0.430. The molecule has 0 aliphatic rings. The summed E-state index contributed by atoms with van der Waals surface area (Å²) in [6.07, 6.45) is 2.01. The van der Waals surface area contributed by atoms with E-state index in [-0.39, 0.29) is 5.91 Å². The van der Waals surface area contributed by atoms with Crippen LogP contribution in [0.25, 0.3) is 11.4 Å². The Bertz CT molecular complexity index is 1020. The lowest BCUT2D eigenvalue weighted by Gasteiger charge is -2.15. The van der Waals surface area contributed by atoms with Crippen LogP contribution in [-0.4, -0.2) is 33.0 Å². The molecule has 1 heterocycles. The van der Waals surface area contributed by atoms with Crippen molar-refractivity contribution in [1.29, 1.82) is 0 Å². The third kappa shape index (κ3) is 5.73. The van der Waals surface area contributed by atoms with E-state index >= 15 is 0 Å². The van der Waals surface area contributed by atoms with Gasteiger partial charge in [0.2, 0.25) is 5.91 Å². The van der Waals surface area contributed by atoms with Crippen molar-refractivity contribution < 1.29 is 9.53 Å². The maximum absolute atomic E-state index is 12.8. The van der Waals surface area contributed by atoms with Crippen molar-refractivity contribution in [1.82, 2.24) is 14.8 Å². The second-order valence-electron chi connectivity index (χ2n) is 6.89. The first-order valence-corrected chi connectivity index (χ1v) is 11.6. The van der Waals surface area contributed by atoms with Gasteiger partial charge in [-0.3, -0.25) is 4.79 Å². The summed E-state index contributed by atoms with van der Waals surface area (Å²) >= 11 is 13.7. The van der Waals surface area contributed by atoms with Gasteiger partial charge in [-0.05, 0) is 49.7 Å². The second-order valence-corrected chi connectivity index (χ2v) is 9.01. The predicted molar refractivity (Wildman–Crippen MR) is 127 cm³/mol. The number of methoxy groups -OCH3 is 1. The summed E-state index contributed by atoms with van der Waals surface area (Å²) in [6.45, 7) is 4.71. The van der Waals surface area contributed by atoms with Gasteiger partial charge < -0.3 is 14.6 Å². The molecular weight excluding hydrogens is 455 g/mol. The molecule has 9 heteroatoms. The van der Waals surface area contributed by atoms with E-state index in [0.29, 0.717) is 20.9 Å². The van der Waals surface area contributed by atoms with Crippen molar-refractivity contribution in [2.24, 2.45) is 0 Å². The maximum atomic E-state index is 12.8. The fraction of sp³-hybridized carbons (Fsp3) is 0.318. The summed E-state index contributed by atoms with van der Waals surface area (Å²) in [4.78, 5) is 12.8. The molecule has 1 N–H and O–H groups in total. The summed E-state index contributed by atoms with van der Waals surface area (Å²) in [5.41, 5.74) is 1.35. The topological polar surface area (TPSA) is 69.0 Å². The van der Waals surface area contributed by atoms with Crippen LogP contribution in [0.2, 0.25) is 10.0 Å². The summed E-state index contributed by atoms with van der Waals surface area (Å²) in [6, 6.07) is 12.8. The first-order chi connectivity index (χ1) is 14.9. The number of carbonyl (C=O) groups is 1. The number of anilines is 1. The number of benzene rings is 2. The molecule has 1 amide bonds. The number of ether oxygens (including phenoxy) is 1. The molecule has 0 fully saturated rings. The zero-order valence-electron chi connectivity index (χ0n) is 17.6. The van der Waals surface area contributed by atoms with Crippen LogP contribution in [0.1, 0.15) is 26.7 Å². The van der Waals surface area contributed by atoms with Crippen molar-refractivity contribution in [2.75, 3.05) is 12.4 Å². The van der Waals surface area contributed by atoms with Gasteiger partial charge in [0, 0.05) is 12.1 Å². The summed E-state index contributed by atoms with van der Waals surface area (Å²) in [7, 11) is 1.63. The minimum Gasteiger partial charge on any atom is -0.497 e. The molecule has 164 valence electrons. The number of aromatic nitrogens is 3. The van der Waals surface area contributed by atoms with Crippen LogP contribution in [0.3, 0.4) is 0 Å². The SMILES string of the molecule is CCCCn1c(SC(C)C(=O)Nc2c(Cl)cccc2Cl)nnc1-c1ccc(OC)cc1. The molecule has 0 spiro atoms. The molecule has 0 saturated heterocycles. The number of nitrogens with zero attached hydrogens (tertiary/aromatic N) is 3. The Hall–Kier alpha value is -2.22. The Morgan fingerprint density at radius 2 is 1.84 bits per heavy atom. The van der Waals surface area contributed by atoms with Crippen LogP contribution in [0.15, 0.2) is 47.6 Å². The molecule has 3 aromatic rings. The standard InChI is InChI=1S/C22H24Cl2N4O2S/c1-4-5-13-28-20(15-9-11-16(30-3)12-10-15)26-27-22(28)31-14(2)21(29)25-19-17(23)7-6-8-18(19)24/h6-12,14H,4-5,13H2,1-3H3,(H,25,29). The van der Waals surface area contributed by atoms with Gasteiger partial charge in [0.1, 0.15) is 5.75 Å². The van der Waals surface area contributed by atoms with E-state index in [9.17, 15) is 4.79 Å². The smallest absolute Gasteiger partial charge is 0.237 e. The molecule has 3 rings (SSSR count). The van der Waals surface area contributed by atoms with Gasteiger partial charge in [-0.1, -0.05) is 54.4 Å². The monoisotopic (exact) mass is 478 g/mol. The third-order valence-electron chi connectivity index (χ3n) is 4.66. The highest BCUT2D eigenvalue weighted by atomic mass is 35.5. The van der Waals surface area contributed by atoms with Crippen LogP contribution in [0.4, 0.5) is 5.69 Å². The van der Waals surface area contributed by atoms with Crippen molar-refractivity contribution in [3.05, 3.63) is 52.5 Å². The van der Waals surface area contributed by atoms with Gasteiger partial charge in [0.15, 0.2) is 11.0 Å². The molecule has 1 unspecified atom stereocenters. The van der Waals surface area contributed by atoms with Gasteiger partial charge in [0.05, 0.1) is 28.1 Å². The molecule has 2 aromatic carbocycles. The van der Waals surface area contributed by atoms with Gasteiger partial charge in [0.25, 0.3) is 0 Å². The van der Waals surface area contributed by atoms with Crippen LogP contribution < -0.4 is 10.1 Å². The van der Waals surface area contributed by atoms with Crippen LogP contribution >= 0.6 is 35.0 Å². The van der Waals surface area contributed by atoms with Crippen molar-refractivity contribution in [3.8, 4) is 17.1 Å². The first-order valence-electron chi connectivity index (χ1n) is 9.93. The highest BCUT2D eigenvalue weighted by Crippen LogP contribution is 2.32. The number of para-hydroxylation sites is 1. The average molecular weight is 479 g/mol. The van der Waals surface area contributed by atoms with Crippen molar-refractivity contribution in [2.45, 2.75) is 43.6 Å². The van der Waals surface area contributed by atoms with Gasteiger partial charge in [-0.25, -0.2) is 0 Å². The first kappa shape index (κ1) is 23.4. The van der Waals surface area contributed by atoms with Crippen molar-refractivity contribution >= 4 is 46.6 Å². The number of hydrogen-bond acceptors (Lipinski definition) is 5. The fourth-order valence-electron chi connectivity index (χ4n) is 2.90. The fourth-order valence-corrected chi connectivity index (χ4v) is 4.27. The zero-order valence-corrected chi connectivity index (χ0v) is 19.9. The molecule has 6 nitrogen and oxygen atoms in total. The van der Waals surface area contributed by atoms with Gasteiger partial charge in [-0.2, -0.15) is 0 Å². The maximum Gasteiger partial charge on any atom is 0.237 e. The molecule has 1 aromatic heterocycles. The largest absolute Gasteiger partial charge is 0.497 e. The highest BCUT2D eigenvalue weighted by Gasteiger charge is 2.22. The van der Waals surface area contributed by atoms with E-state index in [0.717, 1.165) is 36.5 Å². The lowest BCUT2D eigenvalue weighted by molar-refractivity contribution is -0.115. The van der Waals surface area contributed by atoms with E-state index < -0.39 is 5.25 Å². The number of halogens is 2. The van der Waals surface area contributed by atoms with E-state index in [1.54, 1.807) is 25.3 Å². The Balaban J connectivity index is 1.81. The molecule has 0 radical (unpaired) electrons. The summed E-state index contributed by atoms with van der Waals surface area (Å²) in [5, 5.41) is 12.6. The normalized spacial score (nSPS) is 11.9. The molecule has 0 aliphatic carbocycles. The lowest BCUT2D eigenvalue weighted by Crippen LogP contribution is -2.23. The Labute approximate surface area is 196 Å². The van der Waals surface area contributed by atoms with Crippen LogP contribution in [0, 0.1) is 0 Å². The Kier molecular flexibility index (Phi) is 8.23. The molecular formula is C22H24Cl2N4O2S. The molecule has 0 saturated carbocycles. The summed E-state index contributed by atoms with van der Waals surface area (Å²) in [5.74, 6) is 1.33. The summed E-state index contributed by atoms with van der Waals surface area (Å²) < 4.78 is 7.30. The molecule has 0 aliphatic heterocycles. The number of unbranched alkanes of at least 4 members (excludes halogenated alkanes) is 1. The van der Waals surface area contributed by atoms with E-state index in [4.69, 9.17) is 27.9 Å². The quantitative estimate of drug-likeness (QED) is 0.371. The average Bonchev–Trinajstić information content (AvgIpc) is 3.17. The van der Waals surface area contributed by atoms with Gasteiger partial charge >= 0.3 is 0 Å². The number of nitrogens with one attached hydrogen (secondary N) is 1. The number of thioether (sulfide) groups is 1. The number of rotatable bonds is 9. The molecule has 0 bridgehead atoms. The Morgan fingerprint density at radius 1 is 1.16 bits per heavy atom. The molecule has 31 heavy (non-hydrogen) atoms. The third-order valence-corrected chi connectivity index (χ3v) is 6.37.